The zero-order chi connectivity index (χ0) is 21.6. The van der Waals surface area contributed by atoms with E-state index in [1.165, 1.54) is 42.7 Å². The van der Waals surface area contributed by atoms with Gasteiger partial charge in [-0.25, -0.2) is 4.79 Å². The van der Waals surface area contributed by atoms with Crippen LogP contribution in [0.4, 0.5) is 10.7 Å². The van der Waals surface area contributed by atoms with Crippen molar-refractivity contribution in [1.29, 1.82) is 0 Å². The van der Waals surface area contributed by atoms with E-state index in [0.717, 1.165) is 10.4 Å². The highest BCUT2D eigenvalue weighted by atomic mass is 32.1. The minimum Gasteiger partial charge on any atom is -0.465 e. The van der Waals surface area contributed by atoms with Crippen LogP contribution in [-0.4, -0.2) is 29.4 Å². The molecule has 0 saturated heterocycles. The molecule has 0 atom stereocenters. The lowest BCUT2D eigenvalue weighted by atomic mass is 9.81. The van der Waals surface area contributed by atoms with Crippen molar-refractivity contribution in [2.24, 2.45) is 0 Å². The van der Waals surface area contributed by atoms with Gasteiger partial charge < -0.3 is 15.4 Å². The fourth-order valence-corrected chi connectivity index (χ4v) is 5.10. The van der Waals surface area contributed by atoms with E-state index in [4.69, 9.17) is 4.74 Å². The summed E-state index contributed by atoms with van der Waals surface area (Å²) in [6.07, 6.45) is 0.611. The molecule has 1 aliphatic heterocycles. The van der Waals surface area contributed by atoms with Crippen molar-refractivity contribution < 1.29 is 19.2 Å². The highest BCUT2D eigenvalue weighted by molar-refractivity contribution is 7.17. The van der Waals surface area contributed by atoms with Gasteiger partial charge in [0.25, 0.3) is 11.6 Å². The first-order valence-electron chi connectivity index (χ1n) is 9.05. The molecule has 1 aromatic heterocycles. The van der Waals surface area contributed by atoms with Crippen LogP contribution in [0.1, 0.15) is 58.9 Å². The molecule has 3 rings (SSSR count). The van der Waals surface area contributed by atoms with Crippen LogP contribution in [0.15, 0.2) is 24.3 Å². The van der Waals surface area contributed by atoms with E-state index in [2.05, 4.69) is 24.5 Å². The van der Waals surface area contributed by atoms with Crippen molar-refractivity contribution in [3.8, 4) is 0 Å². The zero-order valence-corrected chi connectivity index (χ0v) is 17.7. The van der Waals surface area contributed by atoms with E-state index in [0.29, 0.717) is 17.0 Å². The van der Waals surface area contributed by atoms with E-state index < -0.39 is 16.8 Å². The van der Waals surface area contributed by atoms with Crippen LogP contribution in [0, 0.1) is 10.1 Å². The number of hydrogen-bond acceptors (Lipinski definition) is 7. The molecule has 9 heteroatoms. The Morgan fingerprint density at radius 2 is 1.83 bits per heavy atom. The van der Waals surface area contributed by atoms with E-state index in [-0.39, 0.29) is 22.3 Å². The molecule has 29 heavy (non-hydrogen) atoms. The first-order valence-corrected chi connectivity index (χ1v) is 9.86. The number of non-ortho nitro benzene ring substituents is 1. The Hall–Kier alpha value is -2.78. The van der Waals surface area contributed by atoms with Crippen molar-refractivity contribution >= 4 is 33.9 Å². The Morgan fingerprint density at radius 3 is 2.38 bits per heavy atom. The van der Waals surface area contributed by atoms with Crippen LogP contribution in [0.5, 0.6) is 0 Å². The minimum absolute atomic E-state index is 0.0987. The summed E-state index contributed by atoms with van der Waals surface area (Å²) in [4.78, 5) is 36.5. The Labute approximate surface area is 172 Å². The van der Waals surface area contributed by atoms with Crippen molar-refractivity contribution in [2.75, 3.05) is 12.4 Å². The number of carbonyl (C=O) groups is 2. The van der Waals surface area contributed by atoms with Crippen molar-refractivity contribution in [2.45, 2.75) is 45.2 Å². The normalized spacial score (nSPS) is 16.6. The molecular weight excluding hydrogens is 394 g/mol. The van der Waals surface area contributed by atoms with E-state index in [1.54, 1.807) is 0 Å². The predicted octanol–water partition coefficient (Wildman–Crippen LogP) is 3.85. The average molecular weight is 417 g/mol. The van der Waals surface area contributed by atoms with Crippen LogP contribution in [0.3, 0.4) is 0 Å². The number of benzene rings is 1. The first kappa shape index (κ1) is 20.9. The molecule has 0 saturated carbocycles. The number of rotatable bonds is 4. The minimum atomic E-state index is -0.527. The fraction of sp³-hybridized carbons (Fsp3) is 0.400. The largest absolute Gasteiger partial charge is 0.465 e. The maximum absolute atomic E-state index is 12.7. The van der Waals surface area contributed by atoms with E-state index >= 15 is 0 Å². The van der Waals surface area contributed by atoms with Gasteiger partial charge >= 0.3 is 5.97 Å². The number of anilines is 1. The Morgan fingerprint density at radius 1 is 1.21 bits per heavy atom. The molecule has 1 aromatic carbocycles. The molecule has 1 aliphatic rings. The highest BCUT2D eigenvalue weighted by Gasteiger charge is 2.42. The quantitative estimate of drug-likeness (QED) is 0.444. The van der Waals surface area contributed by atoms with Gasteiger partial charge in [0.2, 0.25) is 0 Å². The van der Waals surface area contributed by atoms with Gasteiger partial charge in [0.1, 0.15) is 5.00 Å². The van der Waals surface area contributed by atoms with Gasteiger partial charge in [-0.1, -0.05) is 0 Å². The number of thiophene rings is 1. The summed E-state index contributed by atoms with van der Waals surface area (Å²) in [5.41, 5.74) is 0.773. The van der Waals surface area contributed by atoms with Crippen molar-refractivity contribution in [3.63, 3.8) is 0 Å². The van der Waals surface area contributed by atoms with Gasteiger partial charge in [-0.05, 0) is 51.8 Å². The SMILES string of the molecule is COC(=O)c1c(NC(=O)c2ccc([N+](=O)[O-])cc2)sc2c1CC(C)(C)NC2(C)C. The van der Waals surface area contributed by atoms with Crippen LogP contribution in [-0.2, 0) is 16.7 Å². The van der Waals surface area contributed by atoms with Crippen molar-refractivity contribution in [1.82, 2.24) is 5.32 Å². The first-order chi connectivity index (χ1) is 13.4. The van der Waals surface area contributed by atoms with Gasteiger partial charge in [0.15, 0.2) is 0 Å². The second-order valence-electron chi connectivity index (χ2n) is 8.17. The van der Waals surface area contributed by atoms with Gasteiger partial charge in [-0.2, -0.15) is 0 Å². The number of esters is 1. The Kier molecular flexibility index (Phi) is 5.22. The average Bonchev–Trinajstić information content (AvgIpc) is 2.98. The van der Waals surface area contributed by atoms with Crippen LogP contribution in [0.25, 0.3) is 0 Å². The van der Waals surface area contributed by atoms with Crippen LogP contribution < -0.4 is 10.6 Å². The highest BCUT2D eigenvalue weighted by Crippen LogP contribution is 2.45. The molecule has 8 nitrogen and oxygen atoms in total. The summed E-state index contributed by atoms with van der Waals surface area (Å²) in [6, 6.07) is 5.30. The molecule has 0 aliphatic carbocycles. The number of fused-ring (bicyclic) bond motifs is 1. The Balaban J connectivity index is 2.01. The molecule has 2 heterocycles. The lowest BCUT2D eigenvalue weighted by molar-refractivity contribution is -0.384. The molecule has 2 N–H and O–H groups in total. The molecule has 0 radical (unpaired) electrons. The second kappa shape index (κ2) is 7.23. The van der Waals surface area contributed by atoms with Gasteiger partial charge in [-0.15, -0.1) is 11.3 Å². The molecule has 0 fully saturated rings. The maximum Gasteiger partial charge on any atom is 0.341 e. The number of methoxy groups -OCH3 is 1. The monoisotopic (exact) mass is 417 g/mol. The molecule has 0 bridgehead atoms. The lowest BCUT2D eigenvalue weighted by Gasteiger charge is -2.42. The number of nitro groups is 1. The summed E-state index contributed by atoms with van der Waals surface area (Å²) in [7, 11) is 1.31. The third-order valence-corrected chi connectivity index (χ3v) is 6.27. The van der Waals surface area contributed by atoms with Crippen molar-refractivity contribution in [3.05, 3.63) is 55.9 Å². The summed E-state index contributed by atoms with van der Waals surface area (Å²) >= 11 is 1.34. The zero-order valence-electron chi connectivity index (χ0n) is 16.9. The maximum atomic E-state index is 12.7. The summed E-state index contributed by atoms with van der Waals surface area (Å²) in [6.45, 7) is 8.19. The number of hydrogen-bond donors (Lipinski definition) is 2. The number of nitrogens with one attached hydrogen (secondary N) is 2. The third-order valence-electron chi connectivity index (χ3n) is 4.80. The van der Waals surface area contributed by atoms with Crippen LogP contribution in [0.2, 0.25) is 0 Å². The number of ether oxygens (including phenoxy) is 1. The van der Waals surface area contributed by atoms with Gasteiger partial charge in [-0.3, -0.25) is 14.9 Å². The second-order valence-corrected chi connectivity index (χ2v) is 9.19. The van der Waals surface area contributed by atoms with E-state index in [1.807, 2.05) is 13.8 Å². The standard InChI is InChI=1S/C20H23N3O5S/c1-19(2)10-13-14(18(25)28-5)17(29-15(13)20(3,4)22-19)21-16(24)11-6-8-12(9-7-11)23(26)27/h6-9,22H,10H2,1-5H3,(H,21,24). The molecule has 154 valence electrons. The Bertz CT molecular complexity index is 992. The lowest BCUT2D eigenvalue weighted by Crippen LogP contribution is -2.55. The molecule has 2 aromatic rings. The molecule has 1 amide bonds. The molecule has 0 unspecified atom stereocenters. The fourth-order valence-electron chi connectivity index (χ4n) is 3.84. The molecule has 0 spiro atoms. The number of carbonyl (C=O) groups excluding carboxylic acids is 2. The number of amides is 1. The smallest absolute Gasteiger partial charge is 0.341 e. The summed E-state index contributed by atoms with van der Waals surface area (Å²) in [5.74, 6) is -0.955. The topological polar surface area (TPSA) is 111 Å². The van der Waals surface area contributed by atoms with E-state index in [9.17, 15) is 19.7 Å². The summed E-state index contributed by atoms with van der Waals surface area (Å²) in [5, 5.41) is 17.6. The van der Waals surface area contributed by atoms with Crippen LogP contribution >= 0.6 is 11.3 Å². The molecular formula is C20H23N3O5S. The number of nitro benzene ring substituents is 1. The van der Waals surface area contributed by atoms with Gasteiger partial charge in [0, 0.05) is 33.7 Å². The third kappa shape index (κ3) is 4.01. The van der Waals surface area contributed by atoms with Gasteiger partial charge in [0.05, 0.1) is 17.6 Å². The summed E-state index contributed by atoms with van der Waals surface area (Å²) < 4.78 is 4.99. The number of nitrogens with zero attached hydrogens (tertiary/aromatic N) is 1. The predicted molar refractivity (Wildman–Crippen MR) is 111 cm³/mol.